The van der Waals surface area contributed by atoms with Crippen molar-refractivity contribution in [2.75, 3.05) is 0 Å². The van der Waals surface area contributed by atoms with Gasteiger partial charge in [0.25, 0.3) is 0 Å². The van der Waals surface area contributed by atoms with Crippen LogP contribution in [0.1, 0.15) is 42.4 Å². The van der Waals surface area contributed by atoms with Crippen LogP contribution >= 0.6 is 11.3 Å². The molecule has 90 valence electrons. The maximum atomic E-state index is 10.7. The number of aromatic carboxylic acids is 1. The molecule has 0 saturated carbocycles. The van der Waals surface area contributed by atoms with Crippen molar-refractivity contribution in [1.29, 1.82) is 0 Å². The van der Waals surface area contributed by atoms with Gasteiger partial charge in [0.05, 0.1) is 5.56 Å². The molecule has 1 rings (SSSR count). The van der Waals surface area contributed by atoms with Crippen LogP contribution in [0.25, 0.3) is 0 Å². The first kappa shape index (κ1) is 13.2. The number of hydrogen-bond donors (Lipinski definition) is 2. The van der Waals surface area contributed by atoms with E-state index in [0.717, 1.165) is 17.8 Å². The van der Waals surface area contributed by atoms with E-state index in [-0.39, 0.29) is 0 Å². The van der Waals surface area contributed by atoms with Crippen LogP contribution in [-0.4, -0.2) is 17.1 Å². The summed E-state index contributed by atoms with van der Waals surface area (Å²) in [6.45, 7) is 7.31. The van der Waals surface area contributed by atoms with E-state index in [1.165, 1.54) is 11.3 Å². The van der Waals surface area contributed by atoms with Gasteiger partial charge >= 0.3 is 5.97 Å². The van der Waals surface area contributed by atoms with E-state index in [1.807, 2.05) is 0 Å². The summed E-state index contributed by atoms with van der Waals surface area (Å²) in [6.07, 6.45) is 1.14. The molecule has 1 aromatic heterocycles. The average molecular weight is 241 g/mol. The SMILES string of the molecule is CC(C)CC(C)NCc1cc(C(=O)O)cs1. The first-order valence-electron chi connectivity index (χ1n) is 5.53. The highest BCUT2D eigenvalue weighted by Gasteiger charge is 2.08. The fraction of sp³-hybridized carbons (Fsp3) is 0.583. The van der Waals surface area contributed by atoms with Crippen LogP contribution in [0.2, 0.25) is 0 Å². The summed E-state index contributed by atoms with van der Waals surface area (Å²) in [4.78, 5) is 11.8. The van der Waals surface area contributed by atoms with Gasteiger partial charge in [0, 0.05) is 22.8 Å². The lowest BCUT2D eigenvalue weighted by atomic mass is 10.1. The second kappa shape index (κ2) is 6.01. The number of carbonyl (C=O) groups is 1. The van der Waals surface area contributed by atoms with E-state index in [2.05, 4.69) is 26.1 Å². The lowest BCUT2D eigenvalue weighted by molar-refractivity contribution is 0.0697. The second-order valence-corrected chi connectivity index (χ2v) is 5.51. The number of carboxylic acids is 1. The van der Waals surface area contributed by atoms with E-state index in [9.17, 15) is 4.79 Å². The lowest BCUT2D eigenvalue weighted by Crippen LogP contribution is -2.26. The smallest absolute Gasteiger partial charge is 0.336 e. The first-order valence-corrected chi connectivity index (χ1v) is 6.41. The molecule has 0 aromatic carbocycles. The third-order valence-electron chi connectivity index (χ3n) is 2.35. The zero-order valence-corrected chi connectivity index (χ0v) is 10.8. The minimum absolute atomic E-state index is 0.387. The molecule has 16 heavy (non-hydrogen) atoms. The first-order chi connectivity index (χ1) is 7.49. The fourth-order valence-electron chi connectivity index (χ4n) is 1.65. The van der Waals surface area contributed by atoms with Crippen LogP contribution < -0.4 is 5.32 Å². The normalized spacial score (nSPS) is 13.0. The van der Waals surface area contributed by atoms with Crippen molar-refractivity contribution >= 4 is 17.3 Å². The highest BCUT2D eigenvalue weighted by molar-refractivity contribution is 7.10. The van der Waals surface area contributed by atoms with Gasteiger partial charge in [-0.3, -0.25) is 0 Å². The van der Waals surface area contributed by atoms with Gasteiger partial charge in [0.15, 0.2) is 0 Å². The van der Waals surface area contributed by atoms with Gasteiger partial charge in [-0.15, -0.1) is 11.3 Å². The van der Waals surface area contributed by atoms with E-state index in [0.29, 0.717) is 17.5 Å². The Balaban J connectivity index is 2.39. The number of thiophene rings is 1. The molecule has 0 radical (unpaired) electrons. The van der Waals surface area contributed by atoms with Crippen LogP contribution in [0, 0.1) is 5.92 Å². The summed E-state index contributed by atoms with van der Waals surface area (Å²) in [5, 5.41) is 13.9. The Bertz CT molecular complexity index is 347. The molecule has 1 heterocycles. The van der Waals surface area contributed by atoms with Crippen molar-refractivity contribution < 1.29 is 9.90 Å². The van der Waals surface area contributed by atoms with Gasteiger partial charge in [-0.05, 0) is 25.3 Å². The Morgan fingerprint density at radius 3 is 2.69 bits per heavy atom. The number of carboxylic acid groups (broad SMARTS) is 1. The van der Waals surface area contributed by atoms with Crippen LogP contribution in [0.4, 0.5) is 0 Å². The third-order valence-corrected chi connectivity index (χ3v) is 3.29. The van der Waals surface area contributed by atoms with Gasteiger partial charge in [0.1, 0.15) is 0 Å². The van der Waals surface area contributed by atoms with E-state index >= 15 is 0 Å². The predicted octanol–water partition coefficient (Wildman–Crippen LogP) is 2.97. The number of hydrogen-bond acceptors (Lipinski definition) is 3. The summed E-state index contributed by atoms with van der Waals surface area (Å²) < 4.78 is 0. The van der Waals surface area contributed by atoms with Crippen molar-refractivity contribution in [3.63, 3.8) is 0 Å². The third kappa shape index (κ3) is 4.33. The van der Waals surface area contributed by atoms with Gasteiger partial charge < -0.3 is 10.4 Å². The van der Waals surface area contributed by atoms with Gasteiger partial charge in [-0.1, -0.05) is 13.8 Å². The van der Waals surface area contributed by atoms with Crippen LogP contribution in [0.3, 0.4) is 0 Å². The standard InChI is InChI=1S/C12H19NO2S/c1-8(2)4-9(3)13-6-11-5-10(7-16-11)12(14)15/h5,7-9,13H,4,6H2,1-3H3,(H,14,15). The summed E-state index contributed by atoms with van der Waals surface area (Å²) in [7, 11) is 0. The molecule has 0 bridgehead atoms. The maximum Gasteiger partial charge on any atom is 0.336 e. The minimum atomic E-state index is -0.849. The molecule has 0 aliphatic rings. The molecule has 0 saturated heterocycles. The van der Waals surface area contributed by atoms with E-state index < -0.39 is 5.97 Å². The molecule has 1 aromatic rings. The Labute approximate surface area is 100 Å². The van der Waals surface area contributed by atoms with Crippen molar-refractivity contribution in [3.05, 3.63) is 21.9 Å². The Hall–Kier alpha value is -0.870. The molecule has 0 spiro atoms. The maximum absolute atomic E-state index is 10.7. The van der Waals surface area contributed by atoms with E-state index in [4.69, 9.17) is 5.11 Å². The highest BCUT2D eigenvalue weighted by Crippen LogP contribution is 2.15. The van der Waals surface area contributed by atoms with Crippen molar-refractivity contribution in [2.45, 2.75) is 39.8 Å². The molecule has 0 aliphatic carbocycles. The lowest BCUT2D eigenvalue weighted by Gasteiger charge is -2.14. The summed E-state index contributed by atoms with van der Waals surface area (Å²) >= 11 is 1.50. The summed E-state index contributed by atoms with van der Waals surface area (Å²) in [5.74, 6) is -0.168. The average Bonchev–Trinajstić information content (AvgIpc) is 2.61. The molecule has 0 fully saturated rings. The Morgan fingerprint density at radius 2 is 2.19 bits per heavy atom. The zero-order chi connectivity index (χ0) is 12.1. The molecule has 2 N–H and O–H groups in total. The van der Waals surface area contributed by atoms with Gasteiger partial charge in [-0.25, -0.2) is 4.79 Å². The molecule has 1 unspecified atom stereocenters. The zero-order valence-electron chi connectivity index (χ0n) is 9.99. The highest BCUT2D eigenvalue weighted by atomic mass is 32.1. The van der Waals surface area contributed by atoms with Crippen LogP contribution in [0.15, 0.2) is 11.4 Å². The topological polar surface area (TPSA) is 49.3 Å². The summed E-state index contributed by atoms with van der Waals surface area (Å²) in [6, 6.07) is 2.21. The largest absolute Gasteiger partial charge is 0.478 e. The molecule has 3 nitrogen and oxygen atoms in total. The van der Waals surface area contributed by atoms with Gasteiger partial charge in [0.2, 0.25) is 0 Å². The number of nitrogens with one attached hydrogen (secondary N) is 1. The fourth-order valence-corrected chi connectivity index (χ4v) is 2.46. The molecule has 0 amide bonds. The van der Waals surface area contributed by atoms with Crippen molar-refractivity contribution in [3.8, 4) is 0 Å². The molecule has 0 aliphatic heterocycles. The summed E-state index contributed by atoms with van der Waals surface area (Å²) in [5.41, 5.74) is 0.387. The van der Waals surface area contributed by atoms with Crippen molar-refractivity contribution in [2.24, 2.45) is 5.92 Å². The molecule has 1 atom stereocenters. The Kier molecular flexibility index (Phi) is 4.96. The minimum Gasteiger partial charge on any atom is -0.478 e. The van der Waals surface area contributed by atoms with Gasteiger partial charge in [-0.2, -0.15) is 0 Å². The molecular formula is C12H19NO2S. The second-order valence-electron chi connectivity index (χ2n) is 4.52. The molecule has 4 heteroatoms. The predicted molar refractivity (Wildman–Crippen MR) is 67.0 cm³/mol. The number of rotatable bonds is 6. The van der Waals surface area contributed by atoms with E-state index in [1.54, 1.807) is 11.4 Å². The van der Waals surface area contributed by atoms with Crippen molar-refractivity contribution in [1.82, 2.24) is 5.32 Å². The monoisotopic (exact) mass is 241 g/mol. The Morgan fingerprint density at radius 1 is 1.50 bits per heavy atom. The quantitative estimate of drug-likeness (QED) is 0.805. The van der Waals surface area contributed by atoms with Crippen LogP contribution in [0.5, 0.6) is 0 Å². The van der Waals surface area contributed by atoms with Crippen LogP contribution in [-0.2, 0) is 6.54 Å². The molecular weight excluding hydrogens is 222 g/mol.